The van der Waals surface area contributed by atoms with Crippen LogP contribution in [0.5, 0.6) is 0 Å². The van der Waals surface area contributed by atoms with Gasteiger partial charge in [0.25, 0.3) is 0 Å². The highest BCUT2D eigenvalue weighted by Gasteiger charge is 2.09. The first-order chi connectivity index (χ1) is 3.84. The normalized spacial score (nSPS) is 26.2. The predicted molar refractivity (Wildman–Crippen MR) is 35.4 cm³/mol. The van der Waals surface area contributed by atoms with Crippen molar-refractivity contribution in [3.05, 3.63) is 0 Å². The van der Waals surface area contributed by atoms with Crippen LogP contribution in [-0.2, 0) is 0 Å². The third-order valence-electron chi connectivity index (χ3n) is 1.44. The Kier molecular flexibility index (Phi) is 1.42. The summed E-state index contributed by atoms with van der Waals surface area (Å²) in [5, 5.41) is 7.65. The molecule has 8 heavy (non-hydrogen) atoms. The van der Waals surface area contributed by atoms with E-state index in [1.54, 1.807) is 0 Å². The molecule has 0 spiro atoms. The minimum Gasteiger partial charge on any atom is -0.163 e. The number of rotatable bonds is 1. The molecule has 0 saturated heterocycles. The Morgan fingerprint density at radius 3 is 2.75 bits per heavy atom. The molecule has 0 fully saturated rings. The van der Waals surface area contributed by atoms with Crippen LogP contribution in [0.3, 0.4) is 0 Å². The molecule has 1 aliphatic rings. The van der Waals surface area contributed by atoms with Crippen molar-refractivity contribution in [1.82, 2.24) is 0 Å². The topological polar surface area (TPSA) is 24.7 Å². The zero-order valence-corrected chi connectivity index (χ0v) is 5.26. The lowest BCUT2D eigenvalue weighted by Crippen LogP contribution is -2.05. The Balaban J connectivity index is 2.58. The fourth-order valence-corrected chi connectivity index (χ4v) is 0.788. The first kappa shape index (κ1) is 5.48. The molecule has 2 heteroatoms. The van der Waals surface area contributed by atoms with Crippen molar-refractivity contribution in [1.29, 1.82) is 0 Å². The van der Waals surface area contributed by atoms with Crippen molar-refractivity contribution in [2.75, 3.05) is 0 Å². The second kappa shape index (κ2) is 2.07. The minimum atomic E-state index is 0.523. The standard InChI is InChI=1S/C6H10N2/c1-3-6-4-7-8-5(6)2/h4,6H,3H2,1-2H3. The minimum absolute atomic E-state index is 0.523. The molecule has 0 N–H and O–H groups in total. The van der Waals surface area contributed by atoms with Gasteiger partial charge in [-0.05, 0) is 13.3 Å². The van der Waals surface area contributed by atoms with E-state index in [2.05, 4.69) is 17.1 Å². The van der Waals surface area contributed by atoms with Crippen LogP contribution in [0.2, 0.25) is 0 Å². The maximum atomic E-state index is 3.87. The molecule has 0 aromatic carbocycles. The van der Waals surface area contributed by atoms with Gasteiger partial charge >= 0.3 is 0 Å². The van der Waals surface area contributed by atoms with Crippen LogP contribution in [0.25, 0.3) is 0 Å². The third-order valence-corrected chi connectivity index (χ3v) is 1.44. The van der Waals surface area contributed by atoms with Crippen LogP contribution in [-0.4, -0.2) is 11.9 Å². The van der Waals surface area contributed by atoms with Gasteiger partial charge in [0.15, 0.2) is 0 Å². The highest BCUT2D eigenvalue weighted by Crippen LogP contribution is 2.07. The molecule has 2 nitrogen and oxygen atoms in total. The lowest BCUT2D eigenvalue weighted by atomic mass is 10.0. The van der Waals surface area contributed by atoms with Crippen molar-refractivity contribution < 1.29 is 0 Å². The van der Waals surface area contributed by atoms with Crippen LogP contribution in [0.4, 0.5) is 0 Å². The van der Waals surface area contributed by atoms with Crippen LogP contribution < -0.4 is 0 Å². The Hall–Kier alpha value is -0.660. The maximum absolute atomic E-state index is 3.87. The van der Waals surface area contributed by atoms with Gasteiger partial charge in [0, 0.05) is 17.8 Å². The summed E-state index contributed by atoms with van der Waals surface area (Å²) in [5.74, 6) is 0.523. The van der Waals surface area contributed by atoms with Gasteiger partial charge in [-0.1, -0.05) is 6.92 Å². The summed E-state index contributed by atoms with van der Waals surface area (Å²) in [4.78, 5) is 0. The largest absolute Gasteiger partial charge is 0.163 e. The van der Waals surface area contributed by atoms with E-state index in [1.165, 1.54) is 0 Å². The zero-order chi connectivity index (χ0) is 5.98. The molecule has 0 aromatic heterocycles. The second-order valence-electron chi connectivity index (χ2n) is 2.02. The van der Waals surface area contributed by atoms with Gasteiger partial charge in [-0.3, -0.25) is 0 Å². The summed E-state index contributed by atoms with van der Waals surface area (Å²) in [7, 11) is 0. The molecule has 44 valence electrons. The Morgan fingerprint density at radius 1 is 1.75 bits per heavy atom. The van der Waals surface area contributed by atoms with Gasteiger partial charge in [0.2, 0.25) is 0 Å². The Bertz CT molecular complexity index is 135. The van der Waals surface area contributed by atoms with Gasteiger partial charge in [-0.2, -0.15) is 10.2 Å². The molecule has 1 atom stereocenters. The van der Waals surface area contributed by atoms with E-state index in [-0.39, 0.29) is 0 Å². The number of nitrogens with zero attached hydrogens (tertiary/aromatic N) is 2. The monoisotopic (exact) mass is 110 g/mol. The highest BCUT2D eigenvalue weighted by atomic mass is 15.2. The number of hydrogen-bond acceptors (Lipinski definition) is 2. The van der Waals surface area contributed by atoms with E-state index in [0.29, 0.717) is 5.92 Å². The van der Waals surface area contributed by atoms with Crippen LogP contribution in [0.15, 0.2) is 10.2 Å². The quantitative estimate of drug-likeness (QED) is 0.488. The lowest BCUT2D eigenvalue weighted by molar-refractivity contribution is 0.882. The van der Waals surface area contributed by atoms with Gasteiger partial charge in [0.05, 0.1) is 0 Å². The van der Waals surface area contributed by atoms with Gasteiger partial charge in [-0.15, -0.1) is 0 Å². The van der Waals surface area contributed by atoms with Crippen molar-refractivity contribution in [2.45, 2.75) is 20.3 Å². The first-order valence-corrected chi connectivity index (χ1v) is 2.92. The van der Waals surface area contributed by atoms with E-state index in [1.807, 2.05) is 13.1 Å². The predicted octanol–water partition coefficient (Wildman–Crippen LogP) is 1.47. The smallest absolute Gasteiger partial charge is 0.0459 e. The Labute approximate surface area is 49.3 Å². The Morgan fingerprint density at radius 2 is 2.50 bits per heavy atom. The van der Waals surface area contributed by atoms with Crippen LogP contribution in [0.1, 0.15) is 20.3 Å². The van der Waals surface area contributed by atoms with E-state index in [4.69, 9.17) is 0 Å². The summed E-state index contributed by atoms with van der Waals surface area (Å²) in [6, 6.07) is 0. The summed E-state index contributed by atoms with van der Waals surface area (Å²) >= 11 is 0. The summed E-state index contributed by atoms with van der Waals surface area (Å²) < 4.78 is 0. The van der Waals surface area contributed by atoms with Gasteiger partial charge < -0.3 is 0 Å². The fourth-order valence-electron chi connectivity index (χ4n) is 0.788. The van der Waals surface area contributed by atoms with Crippen molar-refractivity contribution >= 4 is 11.9 Å². The van der Waals surface area contributed by atoms with Gasteiger partial charge in [0.1, 0.15) is 0 Å². The van der Waals surface area contributed by atoms with E-state index in [0.717, 1.165) is 12.1 Å². The molecule has 0 saturated carbocycles. The van der Waals surface area contributed by atoms with Crippen molar-refractivity contribution in [3.8, 4) is 0 Å². The molecule has 1 heterocycles. The molecule has 0 radical (unpaired) electrons. The molecule has 0 aliphatic carbocycles. The van der Waals surface area contributed by atoms with Gasteiger partial charge in [-0.25, -0.2) is 0 Å². The molecule has 0 amide bonds. The zero-order valence-electron chi connectivity index (χ0n) is 5.26. The van der Waals surface area contributed by atoms with E-state index < -0.39 is 0 Å². The SMILES string of the molecule is CCC1C=NN=C1C. The molecule has 1 aliphatic heterocycles. The average molecular weight is 110 g/mol. The van der Waals surface area contributed by atoms with E-state index in [9.17, 15) is 0 Å². The molecular weight excluding hydrogens is 100 g/mol. The summed E-state index contributed by atoms with van der Waals surface area (Å²) in [6.07, 6.45) is 3.02. The second-order valence-corrected chi connectivity index (χ2v) is 2.02. The van der Waals surface area contributed by atoms with Crippen LogP contribution in [0, 0.1) is 5.92 Å². The van der Waals surface area contributed by atoms with Crippen molar-refractivity contribution in [3.63, 3.8) is 0 Å². The molecule has 0 bridgehead atoms. The fraction of sp³-hybridized carbons (Fsp3) is 0.667. The molecule has 1 rings (SSSR count). The highest BCUT2D eigenvalue weighted by molar-refractivity contribution is 5.99. The lowest BCUT2D eigenvalue weighted by Gasteiger charge is -1.98. The molecular formula is C6H10N2. The third kappa shape index (κ3) is 0.782. The molecule has 1 unspecified atom stereocenters. The summed E-state index contributed by atoms with van der Waals surface area (Å²) in [6.45, 7) is 4.15. The number of hydrogen-bond donors (Lipinski definition) is 0. The average Bonchev–Trinajstić information content (AvgIpc) is 2.14. The first-order valence-electron chi connectivity index (χ1n) is 2.92. The molecule has 0 aromatic rings. The van der Waals surface area contributed by atoms with E-state index >= 15 is 0 Å². The summed E-state index contributed by atoms with van der Waals surface area (Å²) in [5.41, 5.74) is 1.15. The van der Waals surface area contributed by atoms with Crippen molar-refractivity contribution in [2.24, 2.45) is 16.1 Å². The van der Waals surface area contributed by atoms with Crippen LogP contribution >= 0.6 is 0 Å². The maximum Gasteiger partial charge on any atom is 0.0459 e.